The van der Waals surface area contributed by atoms with Crippen molar-refractivity contribution in [1.82, 2.24) is 19.7 Å². The molecule has 1 aliphatic rings. The van der Waals surface area contributed by atoms with Crippen LogP contribution in [-0.2, 0) is 11.3 Å². The number of nitrogens with one attached hydrogen (secondary N) is 1. The maximum Gasteiger partial charge on any atom is 0.318 e. The van der Waals surface area contributed by atoms with E-state index in [1.807, 2.05) is 50.6 Å². The molecular weight excluding hydrogens is 371 g/mol. The van der Waals surface area contributed by atoms with E-state index >= 15 is 0 Å². The molecule has 1 aliphatic heterocycles. The Bertz CT molecular complexity index is 887. The van der Waals surface area contributed by atoms with Gasteiger partial charge in [0.2, 0.25) is 5.91 Å². The molecule has 1 atom stereocenters. The molecule has 3 rings (SSSR count). The van der Waals surface area contributed by atoms with Gasteiger partial charge in [0, 0.05) is 42.6 Å². The Morgan fingerprint density at radius 3 is 2.55 bits per heavy atom. The van der Waals surface area contributed by atoms with Crippen LogP contribution >= 0.6 is 0 Å². The first-order chi connectivity index (χ1) is 13.7. The Balaban J connectivity index is 1.94. The first-order valence-electron chi connectivity index (χ1n) is 9.98. The molecule has 0 saturated carbocycles. The second kappa shape index (κ2) is 8.27. The maximum absolute atomic E-state index is 14.7. The summed E-state index contributed by atoms with van der Waals surface area (Å²) in [6.07, 6.45) is 1.95. The third-order valence-electron chi connectivity index (χ3n) is 5.23. The number of amides is 3. The average molecular weight is 400 g/mol. The lowest BCUT2D eigenvalue weighted by Crippen LogP contribution is -2.55. The lowest BCUT2D eigenvalue weighted by atomic mass is 9.99. The van der Waals surface area contributed by atoms with Crippen molar-refractivity contribution in [3.05, 3.63) is 59.7 Å². The average Bonchev–Trinajstić information content (AvgIpc) is 3.13. The summed E-state index contributed by atoms with van der Waals surface area (Å²) in [7, 11) is 0. The van der Waals surface area contributed by atoms with Crippen molar-refractivity contribution in [3.8, 4) is 0 Å². The van der Waals surface area contributed by atoms with E-state index in [1.165, 1.54) is 11.0 Å². The summed E-state index contributed by atoms with van der Waals surface area (Å²) >= 11 is 0. The van der Waals surface area contributed by atoms with Crippen molar-refractivity contribution in [2.75, 3.05) is 19.6 Å². The molecule has 0 bridgehead atoms. The molecule has 3 amide bonds. The van der Waals surface area contributed by atoms with E-state index in [-0.39, 0.29) is 24.3 Å². The van der Waals surface area contributed by atoms with Gasteiger partial charge in [0.1, 0.15) is 18.4 Å². The molecule has 0 radical (unpaired) electrons. The van der Waals surface area contributed by atoms with Crippen LogP contribution in [0.4, 0.5) is 9.18 Å². The highest BCUT2D eigenvalue weighted by Crippen LogP contribution is 2.34. The van der Waals surface area contributed by atoms with Gasteiger partial charge in [-0.1, -0.05) is 18.2 Å². The van der Waals surface area contributed by atoms with Crippen molar-refractivity contribution < 1.29 is 14.0 Å². The lowest BCUT2D eigenvalue weighted by molar-refractivity contribution is -0.135. The minimum atomic E-state index is -0.529. The second-order valence-electron chi connectivity index (χ2n) is 8.23. The Labute approximate surface area is 171 Å². The molecule has 0 saturated heterocycles. The first-order valence-corrected chi connectivity index (χ1v) is 9.98. The number of aromatic nitrogens is 1. The summed E-state index contributed by atoms with van der Waals surface area (Å²) in [6, 6.07) is 9.57. The summed E-state index contributed by atoms with van der Waals surface area (Å²) in [5.41, 5.74) is 0.800. The molecule has 7 heteroatoms. The van der Waals surface area contributed by atoms with Crippen LogP contribution in [0, 0.1) is 5.82 Å². The molecule has 1 aromatic carbocycles. The summed E-state index contributed by atoms with van der Waals surface area (Å²) < 4.78 is 16.7. The van der Waals surface area contributed by atoms with Gasteiger partial charge in [-0.2, -0.15) is 0 Å². The SMILES string of the molecule is CCNC(=O)N(CC(=O)N1CCn2cccc2C1c1ccccc1F)C(C)(C)C. The fourth-order valence-corrected chi connectivity index (χ4v) is 3.76. The van der Waals surface area contributed by atoms with Gasteiger partial charge in [0.25, 0.3) is 0 Å². The largest absolute Gasteiger partial charge is 0.348 e. The van der Waals surface area contributed by atoms with Crippen molar-refractivity contribution >= 4 is 11.9 Å². The van der Waals surface area contributed by atoms with E-state index in [0.717, 1.165) is 5.69 Å². The minimum Gasteiger partial charge on any atom is -0.348 e. The van der Waals surface area contributed by atoms with Crippen molar-refractivity contribution in [1.29, 1.82) is 0 Å². The van der Waals surface area contributed by atoms with Gasteiger partial charge in [-0.15, -0.1) is 0 Å². The third-order valence-corrected chi connectivity index (χ3v) is 5.23. The number of halogens is 1. The van der Waals surface area contributed by atoms with E-state index in [4.69, 9.17) is 0 Å². The molecule has 156 valence electrons. The van der Waals surface area contributed by atoms with Gasteiger partial charge in [0.05, 0.1) is 0 Å². The van der Waals surface area contributed by atoms with Crippen molar-refractivity contribution in [2.45, 2.75) is 45.8 Å². The zero-order chi connectivity index (χ0) is 21.2. The summed E-state index contributed by atoms with van der Waals surface area (Å²) in [5, 5.41) is 2.78. The molecular formula is C22H29FN4O2. The van der Waals surface area contributed by atoms with E-state index in [0.29, 0.717) is 25.2 Å². The van der Waals surface area contributed by atoms with Crippen LogP contribution in [0.5, 0.6) is 0 Å². The van der Waals surface area contributed by atoms with Crippen LogP contribution < -0.4 is 5.32 Å². The Morgan fingerprint density at radius 2 is 1.90 bits per heavy atom. The van der Waals surface area contributed by atoms with E-state index in [1.54, 1.807) is 23.1 Å². The number of carbonyl (C=O) groups excluding carboxylic acids is 2. The number of nitrogens with zero attached hydrogens (tertiary/aromatic N) is 3. The topological polar surface area (TPSA) is 57.6 Å². The summed E-state index contributed by atoms with van der Waals surface area (Å²) in [5.74, 6) is -0.548. The Hall–Kier alpha value is -2.83. The fraction of sp³-hybridized carbons (Fsp3) is 0.455. The van der Waals surface area contributed by atoms with Gasteiger partial charge in [-0.05, 0) is 45.9 Å². The minimum absolute atomic E-state index is 0.0685. The van der Waals surface area contributed by atoms with E-state index in [9.17, 15) is 14.0 Å². The van der Waals surface area contributed by atoms with E-state index < -0.39 is 11.6 Å². The quantitative estimate of drug-likeness (QED) is 0.855. The van der Waals surface area contributed by atoms with Crippen LogP contribution in [0.2, 0.25) is 0 Å². The second-order valence-corrected chi connectivity index (χ2v) is 8.23. The zero-order valence-corrected chi connectivity index (χ0v) is 17.5. The molecule has 6 nitrogen and oxygen atoms in total. The number of carbonyl (C=O) groups is 2. The number of hydrogen-bond donors (Lipinski definition) is 1. The summed E-state index contributed by atoms with van der Waals surface area (Å²) in [4.78, 5) is 29.1. The molecule has 0 fully saturated rings. The molecule has 2 heterocycles. The fourth-order valence-electron chi connectivity index (χ4n) is 3.76. The van der Waals surface area contributed by atoms with Gasteiger partial charge >= 0.3 is 6.03 Å². The predicted molar refractivity (Wildman–Crippen MR) is 110 cm³/mol. The number of benzene rings is 1. The smallest absolute Gasteiger partial charge is 0.318 e. The van der Waals surface area contributed by atoms with Crippen LogP contribution in [0.1, 0.15) is 45.0 Å². The number of rotatable bonds is 4. The zero-order valence-electron chi connectivity index (χ0n) is 17.5. The van der Waals surface area contributed by atoms with Crippen LogP contribution in [-0.4, -0.2) is 51.5 Å². The molecule has 1 unspecified atom stereocenters. The number of hydrogen-bond acceptors (Lipinski definition) is 2. The predicted octanol–water partition coefficient (Wildman–Crippen LogP) is 3.39. The number of urea groups is 1. The van der Waals surface area contributed by atoms with Crippen molar-refractivity contribution in [3.63, 3.8) is 0 Å². The standard InChI is InChI=1S/C22H29FN4O2/c1-5-24-21(29)27(22(2,3)4)15-19(28)26-14-13-25-12-8-11-18(25)20(26)16-9-6-7-10-17(16)23/h6-12,20H,5,13-15H2,1-4H3,(H,24,29). The molecule has 2 aromatic rings. The molecule has 1 N–H and O–H groups in total. The lowest BCUT2D eigenvalue weighted by Gasteiger charge is -2.41. The maximum atomic E-state index is 14.7. The molecule has 0 aliphatic carbocycles. The highest BCUT2D eigenvalue weighted by atomic mass is 19.1. The van der Waals surface area contributed by atoms with E-state index in [2.05, 4.69) is 5.32 Å². The summed E-state index contributed by atoms with van der Waals surface area (Å²) in [6.45, 7) is 9.02. The van der Waals surface area contributed by atoms with Gasteiger partial charge in [0.15, 0.2) is 0 Å². The van der Waals surface area contributed by atoms with Gasteiger partial charge < -0.3 is 19.7 Å². The molecule has 1 aromatic heterocycles. The number of fused-ring (bicyclic) bond motifs is 1. The van der Waals surface area contributed by atoms with Crippen LogP contribution in [0.25, 0.3) is 0 Å². The van der Waals surface area contributed by atoms with Gasteiger partial charge in [-0.3, -0.25) is 4.79 Å². The normalized spacial score (nSPS) is 16.3. The van der Waals surface area contributed by atoms with Crippen LogP contribution in [0.3, 0.4) is 0 Å². The Kier molecular flexibility index (Phi) is 5.96. The Morgan fingerprint density at radius 1 is 1.17 bits per heavy atom. The monoisotopic (exact) mass is 400 g/mol. The van der Waals surface area contributed by atoms with Gasteiger partial charge in [-0.25, -0.2) is 9.18 Å². The van der Waals surface area contributed by atoms with Crippen LogP contribution in [0.15, 0.2) is 42.6 Å². The first kappa shape index (κ1) is 20.9. The van der Waals surface area contributed by atoms with Crippen molar-refractivity contribution in [2.24, 2.45) is 0 Å². The highest BCUT2D eigenvalue weighted by molar-refractivity contribution is 5.85. The molecule has 0 spiro atoms. The third kappa shape index (κ3) is 4.28. The molecule has 29 heavy (non-hydrogen) atoms. The highest BCUT2D eigenvalue weighted by Gasteiger charge is 2.36.